The van der Waals surface area contributed by atoms with Gasteiger partial charge in [0, 0.05) is 24.4 Å². The number of nitrogens with two attached hydrogens (primary N) is 1. The normalized spacial score (nSPS) is 13.5. The van der Waals surface area contributed by atoms with Crippen molar-refractivity contribution in [3.8, 4) is 6.07 Å². The van der Waals surface area contributed by atoms with E-state index < -0.39 is 0 Å². The van der Waals surface area contributed by atoms with Crippen molar-refractivity contribution < 1.29 is 0 Å². The second kappa shape index (κ2) is 5.64. The first-order valence-corrected chi connectivity index (χ1v) is 6.28. The second-order valence-corrected chi connectivity index (χ2v) is 4.95. The molecule has 2 aromatic rings. The average molecular weight is 251 g/mol. The maximum Gasteiger partial charge on any atom is 0.0994 e. The summed E-state index contributed by atoms with van der Waals surface area (Å²) in [6.45, 7) is 2.59. The maximum atomic E-state index is 9.24. The topological polar surface area (TPSA) is 62.7 Å². The van der Waals surface area contributed by atoms with E-state index in [1.807, 2.05) is 36.4 Å². The van der Waals surface area contributed by atoms with Crippen LogP contribution in [0.5, 0.6) is 0 Å². The Bertz CT molecular complexity index is 586. The summed E-state index contributed by atoms with van der Waals surface area (Å²) >= 11 is 0. The monoisotopic (exact) mass is 251 g/mol. The summed E-state index contributed by atoms with van der Waals surface area (Å²) in [5, 5.41) is 9.24. The van der Waals surface area contributed by atoms with Gasteiger partial charge in [0.1, 0.15) is 0 Å². The molecule has 2 N–H and O–H groups in total. The molecule has 0 amide bonds. The first-order valence-electron chi connectivity index (χ1n) is 6.28. The molecule has 3 heteroatoms. The van der Waals surface area contributed by atoms with Gasteiger partial charge < -0.3 is 5.73 Å². The van der Waals surface area contributed by atoms with Gasteiger partial charge in [-0.3, -0.25) is 4.98 Å². The molecule has 19 heavy (non-hydrogen) atoms. The molecule has 1 aromatic carbocycles. The summed E-state index contributed by atoms with van der Waals surface area (Å²) in [7, 11) is 0. The highest BCUT2D eigenvalue weighted by atomic mass is 14.6. The number of pyridine rings is 1. The Morgan fingerprint density at radius 1 is 1.21 bits per heavy atom. The van der Waals surface area contributed by atoms with Crippen LogP contribution >= 0.6 is 0 Å². The molecule has 0 aliphatic heterocycles. The van der Waals surface area contributed by atoms with Crippen molar-refractivity contribution in [1.29, 1.82) is 5.26 Å². The van der Waals surface area contributed by atoms with E-state index in [0.29, 0.717) is 12.1 Å². The van der Waals surface area contributed by atoms with Gasteiger partial charge in [-0.25, -0.2) is 0 Å². The van der Waals surface area contributed by atoms with Crippen molar-refractivity contribution in [2.75, 3.05) is 6.54 Å². The molecule has 1 atom stereocenters. The number of hydrogen-bond acceptors (Lipinski definition) is 3. The van der Waals surface area contributed by atoms with Gasteiger partial charge >= 0.3 is 0 Å². The minimum absolute atomic E-state index is 0.242. The summed E-state index contributed by atoms with van der Waals surface area (Å²) in [6, 6.07) is 13.9. The second-order valence-electron chi connectivity index (χ2n) is 4.95. The van der Waals surface area contributed by atoms with Crippen LogP contribution in [0.15, 0.2) is 48.8 Å². The zero-order valence-corrected chi connectivity index (χ0v) is 11.0. The van der Waals surface area contributed by atoms with Crippen molar-refractivity contribution >= 4 is 0 Å². The van der Waals surface area contributed by atoms with Crippen LogP contribution in [-0.2, 0) is 11.8 Å². The predicted octanol–water partition coefficient (Wildman–Crippen LogP) is 2.41. The quantitative estimate of drug-likeness (QED) is 0.907. The third kappa shape index (κ3) is 2.81. The van der Waals surface area contributed by atoms with E-state index in [-0.39, 0.29) is 5.41 Å². The van der Waals surface area contributed by atoms with Crippen LogP contribution in [0.1, 0.15) is 23.6 Å². The van der Waals surface area contributed by atoms with Gasteiger partial charge in [-0.05, 0) is 35.7 Å². The highest BCUT2D eigenvalue weighted by Crippen LogP contribution is 2.29. The van der Waals surface area contributed by atoms with Crippen LogP contribution in [-0.4, -0.2) is 11.5 Å². The van der Waals surface area contributed by atoms with Crippen LogP contribution in [0.2, 0.25) is 0 Å². The molecule has 0 saturated carbocycles. The fourth-order valence-electron chi connectivity index (χ4n) is 2.34. The molecule has 0 saturated heterocycles. The minimum atomic E-state index is -0.242. The SMILES string of the molecule is CC(CN)(Cc1ccncc1)c1ccccc1C#N. The Balaban J connectivity index is 2.40. The van der Waals surface area contributed by atoms with E-state index in [1.54, 1.807) is 12.4 Å². The van der Waals surface area contributed by atoms with Crippen molar-refractivity contribution in [2.45, 2.75) is 18.8 Å². The minimum Gasteiger partial charge on any atom is -0.330 e. The Morgan fingerprint density at radius 3 is 2.53 bits per heavy atom. The Morgan fingerprint density at radius 2 is 1.89 bits per heavy atom. The van der Waals surface area contributed by atoms with E-state index >= 15 is 0 Å². The molecule has 0 radical (unpaired) electrons. The molecule has 1 aromatic heterocycles. The van der Waals surface area contributed by atoms with Crippen LogP contribution in [0.4, 0.5) is 0 Å². The van der Waals surface area contributed by atoms with Crippen LogP contribution in [0.25, 0.3) is 0 Å². The highest BCUT2D eigenvalue weighted by molar-refractivity contribution is 5.43. The Kier molecular flexibility index (Phi) is 3.94. The molecule has 2 rings (SSSR count). The molecule has 0 bridgehead atoms. The number of aromatic nitrogens is 1. The summed E-state index contributed by atoms with van der Waals surface area (Å²) < 4.78 is 0. The van der Waals surface area contributed by atoms with Crippen molar-refractivity contribution in [3.63, 3.8) is 0 Å². The molecule has 1 unspecified atom stereocenters. The van der Waals surface area contributed by atoms with E-state index in [2.05, 4.69) is 18.0 Å². The molecule has 1 heterocycles. The predicted molar refractivity (Wildman–Crippen MR) is 75.5 cm³/mol. The zero-order chi connectivity index (χ0) is 13.7. The smallest absolute Gasteiger partial charge is 0.0994 e. The summed E-state index contributed by atoms with van der Waals surface area (Å²) in [5.41, 5.74) is 8.63. The number of nitrogens with zero attached hydrogens (tertiary/aromatic N) is 2. The molecular weight excluding hydrogens is 234 g/mol. The fourth-order valence-corrected chi connectivity index (χ4v) is 2.34. The number of hydrogen-bond donors (Lipinski definition) is 1. The van der Waals surface area contributed by atoms with Gasteiger partial charge in [-0.2, -0.15) is 5.26 Å². The maximum absolute atomic E-state index is 9.24. The summed E-state index contributed by atoms with van der Waals surface area (Å²) in [4.78, 5) is 4.02. The zero-order valence-electron chi connectivity index (χ0n) is 11.0. The lowest BCUT2D eigenvalue weighted by Gasteiger charge is -2.29. The van der Waals surface area contributed by atoms with Crippen molar-refractivity contribution in [2.24, 2.45) is 5.73 Å². The van der Waals surface area contributed by atoms with E-state index in [9.17, 15) is 5.26 Å². The van der Waals surface area contributed by atoms with Gasteiger partial charge in [0.15, 0.2) is 0 Å². The van der Waals surface area contributed by atoms with Gasteiger partial charge in [-0.1, -0.05) is 25.1 Å². The first kappa shape index (κ1) is 13.3. The lowest BCUT2D eigenvalue weighted by molar-refractivity contribution is 0.479. The summed E-state index contributed by atoms with van der Waals surface area (Å²) in [5.74, 6) is 0. The average Bonchev–Trinajstić information content (AvgIpc) is 2.48. The number of benzene rings is 1. The molecular formula is C16H17N3. The van der Waals surface area contributed by atoms with Gasteiger partial charge in [0.25, 0.3) is 0 Å². The molecule has 96 valence electrons. The van der Waals surface area contributed by atoms with E-state index in [0.717, 1.165) is 12.0 Å². The number of rotatable bonds is 4. The lowest BCUT2D eigenvalue weighted by Crippen LogP contribution is -2.35. The largest absolute Gasteiger partial charge is 0.330 e. The van der Waals surface area contributed by atoms with E-state index in [4.69, 9.17) is 5.73 Å². The molecule has 0 spiro atoms. The molecule has 0 aliphatic rings. The van der Waals surface area contributed by atoms with Crippen LogP contribution in [0, 0.1) is 11.3 Å². The third-order valence-electron chi connectivity index (χ3n) is 3.49. The Hall–Kier alpha value is -2.18. The fraction of sp³-hybridized carbons (Fsp3) is 0.250. The van der Waals surface area contributed by atoms with Crippen molar-refractivity contribution in [1.82, 2.24) is 4.98 Å². The Labute approximate surface area is 113 Å². The third-order valence-corrected chi connectivity index (χ3v) is 3.49. The standard InChI is InChI=1S/C16H17N3/c1-16(12-18,10-13-6-8-19-9-7-13)15-5-3-2-4-14(15)11-17/h2-9H,10,12,18H2,1H3. The summed E-state index contributed by atoms with van der Waals surface area (Å²) in [6.07, 6.45) is 4.36. The lowest BCUT2D eigenvalue weighted by atomic mass is 9.75. The molecule has 0 aliphatic carbocycles. The van der Waals surface area contributed by atoms with E-state index in [1.165, 1.54) is 5.56 Å². The molecule has 0 fully saturated rings. The number of nitriles is 1. The van der Waals surface area contributed by atoms with Crippen LogP contribution < -0.4 is 5.73 Å². The van der Waals surface area contributed by atoms with Gasteiger partial charge in [0.05, 0.1) is 11.6 Å². The molecule has 3 nitrogen and oxygen atoms in total. The van der Waals surface area contributed by atoms with Crippen LogP contribution in [0.3, 0.4) is 0 Å². The van der Waals surface area contributed by atoms with Gasteiger partial charge in [0.2, 0.25) is 0 Å². The highest BCUT2D eigenvalue weighted by Gasteiger charge is 2.27. The first-order chi connectivity index (χ1) is 9.19. The van der Waals surface area contributed by atoms with Gasteiger partial charge in [-0.15, -0.1) is 0 Å². The van der Waals surface area contributed by atoms with Crippen molar-refractivity contribution in [3.05, 3.63) is 65.5 Å².